The average Bonchev–Trinajstić information content (AvgIpc) is 3.02. The van der Waals surface area contributed by atoms with Crippen molar-refractivity contribution in [1.29, 1.82) is 0 Å². The Morgan fingerprint density at radius 3 is 2.72 bits per heavy atom. The molecular weight excluding hydrogens is 434 g/mol. The molecule has 0 amide bonds. The molecule has 0 aliphatic carbocycles. The third-order valence-electron chi connectivity index (χ3n) is 3.87. The van der Waals surface area contributed by atoms with Gasteiger partial charge in [0, 0.05) is 33.1 Å². The molecule has 1 aromatic heterocycles. The zero-order valence-electron chi connectivity index (χ0n) is 14.9. The lowest BCUT2D eigenvalue weighted by molar-refractivity contribution is 0.624. The van der Waals surface area contributed by atoms with Crippen molar-refractivity contribution < 1.29 is 4.39 Å². The number of hydrogen-bond acceptors (Lipinski definition) is 3. The Labute approximate surface area is 165 Å². The Hall–Kier alpha value is -1.71. The first-order valence-corrected chi connectivity index (χ1v) is 8.20. The van der Waals surface area contributed by atoms with Crippen molar-refractivity contribution in [2.24, 2.45) is 4.99 Å². The number of hydrogen-bond donors (Lipinski definition) is 2. The molecule has 0 aliphatic heterocycles. The normalized spacial score (nSPS) is 11.1. The molecule has 0 aliphatic rings. The molecule has 138 valence electrons. The fourth-order valence-electron chi connectivity index (χ4n) is 2.51. The van der Waals surface area contributed by atoms with Crippen LogP contribution >= 0.6 is 24.0 Å². The summed E-state index contributed by atoms with van der Waals surface area (Å²) < 4.78 is 15.1. The number of nitrogens with zero attached hydrogens (tertiary/aromatic N) is 4. The number of aliphatic imine (C=N–C) groups is 1. The first kappa shape index (κ1) is 21.3. The second-order valence-electron chi connectivity index (χ2n) is 5.54. The van der Waals surface area contributed by atoms with Gasteiger partial charge in [-0.1, -0.05) is 13.0 Å². The summed E-state index contributed by atoms with van der Waals surface area (Å²) in [7, 11) is 1.74. The van der Waals surface area contributed by atoms with E-state index in [9.17, 15) is 4.39 Å². The van der Waals surface area contributed by atoms with Crippen molar-refractivity contribution in [3.8, 4) is 0 Å². The molecule has 0 fully saturated rings. The summed E-state index contributed by atoms with van der Waals surface area (Å²) in [6.45, 7) is 6.25. The van der Waals surface area contributed by atoms with Gasteiger partial charge in [-0.15, -0.1) is 34.2 Å². The molecule has 0 atom stereocenters. The fourth-order valence-corrected chi connectivity index (χ4v) is 2.51. The highest BCUT2D eigenvalue weighted by molar-refractivity contribution is 14.0. The van der Waals surface area contributed by atoms with Crippen LogP contribution in [0.2, 0.25) is 0 Å². The van der Waals surface area contributed by atoms with Crippen LogP contribution in [0.25, 0.3) is 0 Å². The molecule has 2 aromatic rings. The van der Waals surface area contributed by atoms with Crippen molar-refractivity contribution in [3.63, 3.8) is 0 Å². The van der Waals surface area contributed by atoms with E-state index in [0.717, 1.165) is 55.4 Å². The van der Waals surface area contributed by atoms with Gasteiger partial charge in [-0.05, 0) is 36.6 Å². The van der Waals surface area contributed by atoms with Crippen LogP contribution in [-0.4, -0.2) is 40.9 Å². The third kappa shape index (κ3) is 6.60. The Balaban J connectivity index is 0.00000312. The van der Waals surface area contributed by atoms with E-state index in [-0.39, 0.29) is 29.8 Å². The van der Waals surface area contributed by atoms with Crippen LogP contribution < -0.4 is 10.6 Å². The van der Waals surface area contributed by atoms with Crippen molar-refractivity contribution in [1.82, 2.24) is 25.4 Å². The molecule has 0 saturated heterocycles. The topological polar surface area (TPSA) is 67.1 Å². The molecule has 1 heterocycles. The summed E-state index contributed by atoms with van der Waals surface area (Å²) in [5.41, 5.74) is 2.11. The van der Waals surface area contributed by atoms with Crippen LogP contribution in [0.3, 0.4) is 0 Å². The van der Waals surface area contributed by atoms with E-state index in [1.54, 1.807) is 19.4 Å². The van der Waals surface area contributed by atoms with E-state index in [1.807, 2.05) is 17.6 Å². The van der Waals surface area contributed by atoms with Crippen molar-refractivity contribution in [2.75, 3.05) is 20.1 Å². The molecule has 0 unspecified atom stereocenters. The molecule has 0 spiro atoms. The van der Waals surface area contributed by atoms with Gasteiger partial charge >= 0.3 is 0 Å². The average molecular weight is 460 g/mol. The maximum atomic E-state index is 13.1. The molecule has 0 radical (unpaired) electrons. The smallest absolute Gasteiger partial charge is 0.191 e. The lowest BCUT2D eigenvalue weighted by atomic mass is 10.1. The van der Waals surface area contributed by atoms with Gasteiger partial charge < -0.3 is 15.2 Å². The molecule has 1 aromatic carbocycles. The molecule has 2 N–H and O–H groups in total. The standard InChI is InChI=1S/C17H25FN6.HI/c1-4-16-23-22-12-24(16)10-9-21-17(19-3)20-8-7-14-5-6-15(18)11-13(14)2;/h5-6,11-12H,4,7-10H2,1-3H3,(H2,19,20,21);1H. The van der Waals surface area contributed by atoms with Crippen molar-refractivity contribution >= 4 is 29.9 Å². The second-order valence-corrected chi connectivity index (χ2v) is 5.54. The highest BCUT2D eigenvalue weighted by Gasteiger charge is 2.03. The van der Waals surface area contributed by atoms with Crippen LogP contribution in [-0.2, 0) is 19.4 Å². The molecule has 0 bridgehead atoms. The number of guanidine groups is 1. The molecule has 8 heteroatoms. The second kappa shape index (κ2) is 11.0. The van der Waals surface area contributed by atoms with Crippen LogP contribution in [0.5, 0.6) is 0 Å². The zero-order valence-corrected chi connectivity index (χ0v) is 17.3. The van der Waals surface area contributed by atoms with E-state index in [0.29, 0.717) is 0 Å². The SMILES string of the molecule is CCc1nncn1CCNC(=NC)NCCc1ccc(F)cc1C.I. The van der Waals surface area contributed by atoms with Gasteiger partial charge in [0.05, 0.1) is 0 Å². The van der Waals surface area contributed by atoms with E-state index < -0.39 is 0 Å². The number of nitrogens with one attached hydrogen (secondary N) is 2. The lowest BCUT2D eigenvalue weighted by Gasteiger charge is -2.13. The van der Waals surface area contributed by atoms with Gasteiger partial charge in [0.25, 0.3) is 0 Å². The predicted octanol–water partition coefficient (Wildman–Crippen LogP) is 2.31. The molecule has 6 nitrogen and oxygen atoms in total. The summed E-state index contributed by atoms with van der Waals surface area (Å²) in [5, 5.41) is 14.5. The summed E-state index contributed by atoms with van der Waals surface area (Å²) in [5.74, 6) is 1.54. The van der Waals surface area contributed by atoms with E-state index in [2.05, 4.69) is 32.7 Å². The van der Waals surface area contributed by atoms with Crippen LogP contribution in [0.4, 0.5) is 4.39 Å². The van der Waals surface area contributed by atoms with Gasteiger partial charge in [-0.3, -0.25) is 4.99 Å². The number of benzene rings is 1. The zero-order chi connectivity index (χ0) is 17.4. The summed E-state index contributed by atoms with van der Waals surface area (Å²) >= 11 is 0. The molecule has 2 rings (SSSR count). The third-order valence-corrected chi connectivity index (χ3v) is 3.87. The highest BCUT2D eigenvalue weighted by Crippen LogP contribution is 2.10. The largest absolute Gasteiger partial charge is 0.356 e. The summed E-state index contributed by atoms with van der Waals surface area (Å²) in [6.07, 6.45) is 3.43. The van der Waals surface area contributed by atoms with E-state index in [1.165, 1.54) is 6.07 Å². The number of halogens is 2. The summed E-state index contributed by atoms with van der Waals surface area (Å²) in [6, 6.07) is 4.90. The lowest BCUT2D eigenvalue weighted by Crippen LogP contribution is -2.39. The van der Waals surface area contributed by atoms with Crippen molar-refractivity contribution in [2.45, 2.75) is 33.2 Å². The Morgan fingerprint density at radius 1 is 1.28 bits per heavy atom. The van der Waals surface area contributed by atoms with Gasteiger partial charge in [0.1, 0.15) is 18.0 Å². The molecule has 0 saturated carbocycles. The predicted molar refractivity (Wildman–Crippen MR) is 109 cm³/mol. The quantitative estimate of drug-likeness (QED) is 0.378. The minimum Gasteiger partial charge on any atom is -0.356 e. The highest BCUT2D eigenvalue weighted by atomic mass is 127. The number of rotatable bonds is 7. The minimum absolute atomic E-state index is 0. The minimum atomic E-state index is -0.192. The maximum absolute atomic E-state index is 13.1. The molecular formula is C17H26FIN6. The van der Waals surface area contributed by atoms with Crippen LogP contribution in [0.1, 0.15) is 23.9 Å². The Morgan fingerprint density at radius 2 is 2.04 bits per heavy atom. The molecule has 25 heavy (non-hydrogen) atoms. The van der Waals surface area contributed by atoms with Gasteiger partial charge in [0.15, 0.2) is 5.96 Å². The van der Waals surface area contributed by atoms with E-state index >= 15 is 0 Å². The fraction of sp³-hybridized carbons (Fsp3) is 0.471. The van der Waals surface area contributed by atoms with Crippen LogP contribution in [0, 0.1) is 12.7 Å². The van der Waals surface area contributed by atoms with Crippen molar-refractivity contribution in [3.05, 3.63) is 47.3 Å². The summed E-state index contributed by atoms with van der Waals surface area (Å²) in [4.78, 5) is 4.21. The van der Waals surface area contributed by atoms with Gasteiger partial charge in [-0.2, -0.15) is 0 Å². The number of aromatic nitrogens is 3. The monoisotopic (exact) mass is 460 g/mol. The Bertz CT molecular complexity index is 686. The van der Waals surface area contributed by atoms with Gasteiger partial charge in [0.2, 0.25) is 0 Å². The Kier molecular flexibility index (Phi) is 9.40. The maximum Gasteiger partial charge on any atom is 0.191 e. The number of aryl methyl sites for hydroxylation is 2. The van der Waals surface area contributed by atoms with Crippen LogP contribution in [0.15, 0.2) is 29.5 Å². The van der Waals surface area contributed by atoms with Gasteiger partial charge in [-0.25, -0.2) is 4.39 Å². The first-order chi connectivity index (χ1) is 11.6. The first-order valence-electron chi connectivity index (χ1n) is 8.20. The van der Waals surface area contributed by atoms with E-state index in [4.69, 9.17) is 0 Å².